The van der Waals surface area contributed by atoms with Gasteiger partial charge in [0.1, 0.15) is 5.75 Å². The summed E-state index contributed by atoms with van der Waals surface area (Å²) in [6, 6.07) is 7.96. The van der Waals surface area contributed by atoms with Crippen LogP contribution in [0, 0.1) is 5.92 Å². The summed E-state index contributed by atoms with van der Waals surface area (Å²) in [5.74, 6) is 1.43. The number of likely N-dealkylation sites (tertiary alicyclic amines) is 1. The predicted molar refractivity (Wildman–Crippen MR) is 91.8 cm³/mol. The third-order valence-electron chi connectivity index (χ3n) is 4.06. The van der Waals surface area contributed by atoms with E-state index in [-0.39, 0.29) is 24.9 Å². The van der Waals surface area contributed by atoms with E-state index in [1.54, 1.807) is 0 Å². The number of hydrogen-bond donors (Lipinski definition) is 1. The Balaban J connectivity index is 0.00000242. The number of amides is 1. The largest absolute Gasteiger partial charge is 0.484 e. The van der Waals surface area contributed by atoms with Crippen LogP contribution in [0.25, 0.3) is 0 Å². The fourth-order valence-electron chi connectivity index (χ4n) is 2.80. The Morgan fingerprint density at radius 1 is 1.36 bits per heavy atom. The molecule has 1 heterocycles. The van der Waals surface area contributed by atoms with Gasteiger partial charge in [-0.1, -0.05) is 19.1 Å². The van der Waals surface area contributed by atoms with Crippen molar-refractivity contribution >= 4 is 18.3 Å². The molecule has 1 aliphatic rings. The molecule has 1 aromatic rings. The number of aryl methyl sites for hydroxylation is 1. The molecular formula is C17H27ClN2O2. The normalized spacial score (nSPS) is 17.7. The van der Waals surface area contributed by atoms with Gasteiger partial charge >= 0.3 is 0 Å². The summed E-state index contributed by atoms with van der Waals surface area (Å²) in [6.07, 6.45) is 3.30. The van der Waals surface area contributed by atoms with Gasteiger partial charge in [0.2, 0.25) is 0 Å². The first-order chi connectivity index (χ1) is 10.2. The highest BCUT2D eigenvalue weighted by molar-refractivity contribution is 5.85. The Morgan fingerprint density at radius 3 is 2.73 bits per heavy atom. The Labute approximate surface area is 139 Å². The van der Waals surface area contributed by atoms with Crippen molar-refractivity contribution in [2.45, 2.75) is 26.2 Å². The molecule has 1 unspecified atom stereocenters. The zero-order chi connectivity index (χ0) is 15.1. The SMILES string of the molecule is CCc1ccc(OCC(=O)N2CCCC(CNC)C2)cc1.Cl. The summed E-state index contributed by atoms with van der Waals surface area (Å²) >= 11 is 0. The summed E-state index contributed by atoms with van der Waals surface area (Å²) < 4.78 is 5.61. The minimum atomic E-state index is 0. The standard InChI is InChI=1S/C17H26N2O2.ClH/c1-3-14-6-8-16(9-7-14)21-13-17(20)19-10-4-5-15(12-19)11-18-2;/h6-9,15,18H,3-5,10-13H2,1-2H3;1H. The average Bonchev–Trinajstić information content (AvgIpc) is 2.53. The van der Waals surface area contributed by atoms with Gasteiger partial charge in [-0.3, -0.25) is 4.79 Å². The Hall–Kier alpha value is -1.26. The van der Waals surface area contributed by atoms with Gasteiger partial charge in [-0.05, 0) is 56.5 Å². The lowest BCUT2D eigenvalue weighted by molar-refractivity contribution is -0.135. The second-order valence-electron chi connectivity index (χ2n) is 5.69. The number of halogens is 1. The van der Waals surface area contributed by atoms with Crippen LogP contribution in [0.15, 0.2) is 24.3 Å². The number of ether oxygens (including phenoxy) is 1. The van der Waals surface area contributed by atoms with Crippen LogP contribution >= 0.6 is 12.4 Å². The van der Waals surface area contributed by atoms with Crippen LogP contribution < -0.4 is 10.1 Å². The molecule has 0 aliphatic carbocycles. The van der Waals surface area contributed by atoms with Crippen LogP contribution in [0.3, 0.4) is 0 Å². The number of carbonyl (C=O) groups excluding carboxylic acids is 1. The topological polar surface area (TPSA) is 41.6 Å². The first-order valence-electron chi connectivity index (χ1n) is 7.87. The second-order valence-corrected chi connectivity index (χ2v) is 5.69. The molecule has 0 aromatic heterocycles. The van der Waals surface area contributed by atoms with Crippen LogP contribution in [-0.4, -0.2) is 44.1 Å². The highest BCUT2D eigenvalue weighted by Crippen LogP contribution is 2.17. The van der Waals surface area contributed by atoms with E-state index in [2.05, 4.69) is 12.2 Å². The van der Waals surface area contributed by atoms with Crippen LogP contribution in [0.5, 0.6) is 5.75 Å². The van der Waals surface area contributed by atoms with Crippen molar-refractivity contribution in [3.05, 3.63) is 29.8 Å². The van der Waals surface area contributed by atoms with Gasteiger partial charge < -0.3 is 15.0 Å². The van der Waals surface area contributed by atoms with Gasteiger partial charge in [-0.2, -0.15) is 0 Å². The van der Waals surface area contributed by atoms with Crippen molar-refractivity contribution in [3.63, 3.8) is 0 Å². The van der Waals surface area contributed by atoms with Crippen molar-refractivity contribution in [3.8, 4) is 5.75 Å². The zero-order valence-electron chi connectivity index (χ0n) is 13.5. The molecule has 1 saturated heterocycles. The number of carbonyl (C=O) groups is 1. The Kier molecular flexibility index (Phi) is 8.28. The highest BCUT2D eigenvalue weighted by atomic mass is 35.5. The van der Waals surface area contributed by atoms with Crippen molar-refractivity contribution in [2.24, 2.45) is 5.92 Å². The van der Waals surface area contributed by atoms with E-state index in [0.29, 0.717) is 5.92 Å². The molecule has 2 rings (SSSR count). The molecular weight excluding hydrogens is 300 g/mol. The van der Waals surface area contributed by atoms with Gasteiger partial charge in [0.15, 0.2) is 6.61 Å². The number of hydrogen-bond acceptors (Lipinski definition) is 3. The smallest absolute Gasteiger partial charge is 0.260 e. The van der Waals surface area contributed by atoms with Crippen LogP contribution in [0.4, 0.5) is 0 Å². The fraction of sp³-hybridized carbons (Fsp3) is 0.588. The van der Waals surface area contributed by atoms with Gasteiger partial charge in [-0.25, -0.2) is 0 Å². The van der Waals surface area contributed by atoms with Gasteiger partial charge in [-0.15, -0.1) is 12.4 Å². The van der Waals surface area contributed by atoms with Crippen LogP contribution in [-0.2, 0) is 11.2 Å². The third-order valence-corrected chi connectivity index (χ3v) is 4.06. The molecule has 1 amide bonds. The van der Waals surface area contributed by atoms with Crippen molar-refractivity contribution in [1.29, 1.82) is 0 Å². The van der Waals surface area contributed by atoms with Crippen LogP contribution in [0.1, 0.15) is 25.3 Å². The minimum Gasteiger partial charge on any atom is -0.484 e. The number of piperidine rings is 1. The summed E-state index contributed by atoms with van der Waals surface area (Å²) in [7, 11) is 1.96. The number of nitrogens with one attached hydrogen (secondary N) is 1. The maximum atomic E-state index is 12.2. The zero-order valence-corrected chi connectivity index (χ0v) is 14.3. The molecule has 0 spiro atoms. The third kappa shape index (κ3) is 5.50. The van der Waals surface area contributed by atoms with E-state index < -0.39 is 0 Å². The van der Waals surface area contributed by atoms with E-state index in [9.17, 15) is 4.79 Å². The molecule has 124 valence electrons. The van der Waals surface area contributed by atoms with Crippen LogP contribution in [0.2, 0.25) is 0 Å². The Morgan fingerprint density at radius 2 is 2.09 bits per heavy atom. The quantitative estimate of drug-likeness (QED) is 0.873. The molecule has 1 atom stereocenters. The summed E-state index contributed by atoms with van der Waals surface area (Å²) in [5.41, 5.74) is 1.28. The first kappa shape index (κ1) is 18.8. The van der Waals surface area contributed by atoms with Gasteiger partial charge in [0.05, 0.1) is 0 Å². The molecule has 5 heteroatoms. The summed E-state index contributed by atoms with van der Waals surface area (Å²) in [6.45, 7) is 4.94. The number of nitrogens with zero attached hydrogens (tertiary/aromatic N) is 1. The molecule has 22 heavy (non-hydrogen) atoms. The van der Waals surface area contributed by atoms with Crippen molar-refractivity contribution in [2.75, 3.05) is 33.3 Å². The lowest BCUT2D eigenvalue weighted by Gasteiger charge is -2.32. The molecule has 1 aliphatic heterocycles. The Bertz CT molecular complexity index is 448. The lowest BCUT2D eigenvalue weighted by Crippen LogP contribution is -2.44. The highest BCUT2D eigenvalue weighted by Gasteiger charge is 2.23. The predicted octanol–water partition coefficient (Wildman–Crippen LogP) is 2.51. The molecule has 0 radical (unpaired) electrons. The number of benzene rings is 1. The maximum absolute atomic E-state index is 12.2. The monoisotopic (exact) mass is 326 g/mol. The van der Waals surface area contributed by atoms with E-state index >= 15 is 0 Å². The fourth-order valence-corrected chi connectivity index (χ4v) is 2.80. The van der Waals surface area contributed by atoms with Crippen molar-refractivity contribution < 1.29 is 9.53 Å². The van der Waals surface area contributed by atoms with Gasteiger partial charge in [0, 0.05) is 13.1 Å². The molecule has 0 saturated carbocycles. The average molecular weight is 327 g/mol. The first-order valence-corrected chi connectivity index (χ1v) is 7.87. The molecule has 4 nitrogen and oxygen atoms in total. The van der Waals surface area contributed by atoms with Gasteiger partial charge in [0.25, 0.3) is 5.91 Å². The molecule has 0 bridgehead atoms. The van der Waals surface area contributed by atoms with E-state index in [1.807, 2.05) is 36.2 Å². The molecule has 1 fully saturated rings. The summed E-state index contributed by atoms with van der Waals surface area (Å²) in [5, 5.41) is 3.20. The molecule has 1 aromatic carbocycles. The lowest BCUT2D eigenvalue weighted by atomic mass is 9.98. The van der Waals surface area contributed by atoms with E-state index in [0.717, 1.165) is 38.2 Å². The summed E-state index contributed by atoms with van der Waals surface area (Å²) in [4.78, 5) is 14.2. The van der Waals surface area contributed by atoms with Crippen molar-refractivity contribution in [1.82, 2.24) is 10.2 Å². The minimum absolute atomic E-state index is 0. The second kappa shape index (κ2) is 9.70. The maximum Gasteiger partial charge on any atom is 0.260 e. The number of rotatable bonds is 6. The van der Waals surface area contributed by atoms with E-state index in [1.165, 1.54) is 12.0 Å². The molecule has 1 N–H and O–H groups in total. The van der Waals surface area contributed by atoms with E-state index in [4.69, 9.17) is 4.74 Å².